The summed E-state index contributed by atoms with van der Waals surface area (Å²) in [5, 5.41) is 12.7. The van der Waals surface area contributed by atoms with Crippen molar-refractivity contribution in [2.24, 2.45) is 0 Å². The number of amides is 1. The number of rotatable bonds is 3. The minimum atomic E-state index is -4.58. The van der Waals surface area contributed by atoms with E-state index in [1.54, 1.807) is 0 Å². The van der Waals surface area contributed by atoms with E-state index in [-0.39, 0.29) is 28.0 Å². The van der Waals surface area contributed by atoms with E-state index < -0.39 is 17.8 Å². The number of alkyl halides is 3. The first-order valence-electron chi connectivity index (χ1n) is 8.29. The molecule has 1 aliphatic heterocycles. The highest BCUT2D eigenvalue weighted by Crippen LogP contribution is 2.34. The van der Waals surface area contributed by atoms with E-state index >= 15 is 0 Å². The second kappa shape index (κ2) is 7.79. The smallest absolute Gasteiger partial charge is 0.320 e. The number of pyridine rings is 2. The van der Waals surface area contributed by atoms with Crippen LogP contribution in [0.25, 0.3) is 0 Å². The van der Waals surface area contributed by atoms with Crippen LogP contribution in [0, 0.1) is 0 Å². The molecular formula is C17H17ClF3N4O2+. The molecule has 0 unspecified atom stereocenters. The first kappa shape index (κ1) is 19.5. The Hall–Kier alpha value is -2.23. The van der Waals surface area contributed by atoms with E-state index in [4.69, 9.17) is 11.6 Å². The topological polar surface area (TPSA) is 79.5 Å². The molecule has 0 spiro atoms. The number of nitrogens with one attached hydrogen (secondary N) is 2. The van der Waals surface area contributed by atoms with Gasteiger partial charge in [-0.2, -0.15) is 18.2 Å². The molecule has 0 saturated carbocycles. The number of hydroxylamine groups is 2. The average molecular weight is 402 g/mol. The lowest BCUT2D eigenvalue weighted by molar-refractivity contribution is -1.09. The maximum absolute atomic E-state index is 13.1. The van der Waals surface area contributed by atoms with Crippen LogP contribution >= 0.6 is 11.6 Å². The van der Waals surface area contributed by atoms with Gasteiger partial charge in [0.25, 0.3) is 5.91 Å². The summed E-state index contributed by atoms with van der Waals surface area (Å²) in [6.45, 7) is 0.798. The van der Waals surface area contributed by atoms with Crippen molar-refractivity contribution in [3.63, 3.8) is 0 Å². The van der Waals surface area contributed by atoms with Crippen LogP contribution in [0.3, 0.4) is 0 Å². The highest BCUT2D eigenvalue weighted by Gasteiger charge is 2.35. The number of hydrogen-bond acceptors (Lipinski definition) is 4. The summed E-state index contributed by atoms with van der Waals surface area (Å²) in [6.07, 6.45) is -2.30. The van der Waals surface area contributed by atoms with Crippen molar-refractivity contribution in [2.75, 3.05) is 18.4 Å². The fourth-order valence-corrected chi connectivity index (χ4v) is 3.19. The van der Waals surface area contributed by atoms with E-state index in [1.807, 2.05) is 0 Å². The fourth-order valence-electron chi connectivity index (χ4n) is 3.01. The third kappa shape index (κ3) is 4.74. The number of hydrogen-bond donors (Lipinski definition) is 3. The minimum absolute atomic E-state index is 0.131. The van der Waals surface area contributed by atoms with Crippen LogP contribution in [0.5, 0.6) is 0 Å². The van der Waals surface area contributed by atoms with Gasteiger partial charge in [-0.15, -0.1) is 0 Å². The molecule has 144 valence electrons. The van der Waals surface area contributed by atoms with Crippen LogP contribution in [0.1, 0.15) is 40.5 Å². The van der Waals surface area contributed by atoms with Gasteiger partial charge in [0.2, 0.25) is 0 Å². The number of quaternary nitrogens is 1. The van der Waals surface area contributed by atoms with E-state index in [0.717, 1.165) is 6.07 Å². The molecule has 10 heteroatoms. The number of anilines is 1. The van der Waals surface area contributed by atoms with Gasteiger partial charge in [0.05, 0.1) is 11.4 Å². The quantitative estimate of drug-likeness (QED) is 0.691. The zero-order valence-corrected chi connectivity index (χ0v) is 14.8. The summed E-state index contributed by atoms with van der Waals surface area (Å²) >= 11 is 5.78. The Labute approximate surface area is 157 Å². The van der Waals surface area contributed by atoms with Crippen molar-refractivity contribution in [1.29, 1.82) is 0 Å². The molecule has 0 bridgehead atoms. The number of halogens is 4. The average Bonchev–Trinajstić information content (AvgIpc) is 2.62. The zero-order chi connectivity index (χ0) is 19.6. The zero-order valence-electron chi connectivity index (χ0n) is 14.1. The minimum Gasteiger partial charge on any atom is -0.320 e. The number of carbonyl (C=O) groups is 1. The van der Waals surface area contributed by atoms with Crippen LogP contribution in [0.4, 0.5) is 18.9 Å². The second-order valence-corrected chi connectivity index (χ2v) is 6.68. The van der Waals surface area contributed by atoms with Crippen molar-refractivity contribution in [2.45, 2.75) is 24.9 Å². The van der Waals surface area contributed by atoms with E-state index in [1.165, 1.54) is 24.4 Å². The molecule has 27 heavy (non-hydrogen) atoms. The lowest BCUT2D eigenvalue weighted by Gasteiger charge is -2.26. The van der Waals surface area contributed by atoms with Gasteiger partial charge in [0.15, 0.2) is 0 Å². The standard InChI is InChI=1S/C17H16ClF3N4O2/c18-14-9-11(3-6-22-14)16(26)23-12-1-2-13(17(19,20)21)24-15(12)10-4-7-25(27)8-5-10/h1-3,6,9-10,27H,4-5,7-8H2,(H,23,26)/p+1. The SMILES string of the molecule is O=C(Nc1ccc(C(F)(F)F)nc1C1CC[NH+](O)CC1)c1ccnc(Cl)c1. The Morgan fingerprint density at radius 3 is 2.59 bits per heavy atom. The van der Waals surface area contributed by atoms with Crippen LogP contribution in [0.2, 0.25) is 5.15 Å². The van der Waals surface area contributed by atoms with Gasteiger partial charge in [-0.1, -0.05) is 11.6 Å². The molecule has 2 aromatic rings. The lowest BCUT2D eigenvalue weighted by Crippen LogP contribution is -3.10. The molecule has 0 atom stereocenters. The van der Waals surface area contributed by atoms with Gasteiger partial charge in [-0.05, 0) is 24.3 Å². The monoisotopic (exact) mass is 401 g/mol. The first-order chi connectivity index (χ1) is 12.7. The number of carbonyl (C=O) groups excluding carboxylic acids is 1. The molecule has 0 aliphatic carbocycles. The van der Waals surface area contributed by atoms with Crippen LogP contribution in [-0.4, -0.2) is 34.2 Å². The molecule has 1 amide bonds. The predicted molar refractivity (Wildman–Crippen MR) is 90.9 cm³/mol. The van der Waals surface area contributed by atoms with Gasteiger partial charge in [-0.25, -0.2) is 15.2 Å². The van der Waals surface area contributed by atoms with Gasteiger partial charge in [-0.3, -0.25) is 4.79 Å². The summed E-state index contributed by atoms with van der Waals surface area (Å²) in [5.41, 5.74) is -0.394. The van der Waals surface area contributed by atoms with Crippen LogP contribution in [0.15, 0.2) is 30.5 Å². The van der Waals surface area contributed by atoms with E-state index in [0.29, 0.717) is 31.0 Å². The molecule has 0 radical (unpaired) electrons. The third-order valence-corrected chi connectivity index (χ3v) is 4.61. The number of piperidine rings is 1. The van der Waals surface area contributed by atoms with Crippen molar-refractivity contribution < 1.29 is 28.2 Å². The molecule has 2 aromatic heterocycles. The van der Waals surface area contributed by atoms with Crippen molar-refractivity contribution in [3.8, 4) is 0 Å². The summed E-state index contributed by atoms with van der Waals surface area (Å²) in [5.74, 6) is -0.813. The highest BCUT2D eigenvalue weighted by molar-refractivity contribution is 6.29. The molecular weight excluding hydrogens is 385 g/mol. The Balaban J connectivity index is 1.92. The Morgan fingerprint density at radius 1 is 1.26 bits per heavy atom. The summed E-state index contributed by atoms with van der Waals surface area (Å²) < 4.78 is 39.3. The fraction of sp³-hybridized carbons (Fsp3) is 0.353. The third-order valence-electron chi connectivity index (χ3n) is 4.40. The Kier molecular flexibility index (Phi) is 5.64. The Bertz CT molecular complexity index is 839. The van der Waals surface area contributed by atoms with Crippen molar-refractivity contribution in [1.82, 2.24) is 9.97 Å². The molecule has 1 aliphatic rings. The van der Waals surface area contributed by atoms with E-state index in [9.17, 15) is 23.2 Å². The van der Waals surface area contributed by atoms with E-state index in [2.05, 4.69) is 15.3 Å². The molecule has 3 N–H and O–H groups in total. The molecule has 1 saturated heterocycles. The molecule has 3 heterocycles. The highest BCUT2D eigenvalue weighted by atomic mass is 35.5. The van der Waals surface area contributed by atoms with Gasteiger partial charge in [0.1, 0.15) is 23.9 Å². The van der Waals surface area contributed by atoms with Gasteiger partial charge in [0, 0.05) is 30.5 Å². The second-order valence-electron chi connectivity index (χ2n) is 6.29. The molecule has 1 fully saturated rings. The molecule has 0 aromatic carbocycles. The van der Waals surface area contributed by atoms with Crippen molar-refractivity contribution >= 4 is 23.2 Å². The molecule has 3 rings (SSSR count). The predicted octanol–water partition coefficient (Wildman–Crippen LogP) is 2.55. The van der Waals surface area contributed by atoms with Gasteiger partial charge >= 0.3 is 6.18 Å². The largest absolute Gasteiger partial charge is 0.433 e. The summed E-state index contributed by atoms with van der Waals surface area (Å²) in [4.78, 5) is 20.0. The lowest BCUT2D eigenvalue weighted by atomic mass is 9.92. The van der Waals surface area contributed by atoms with Crippen LogP contribution in [-0.2, 0) is 6.18 Å². The number of aromatic nitrogens is 2. The van der Waals surface area contributed by atoms with Crippen molar-refractivity contribution in [3.05, 3.63) is 52.6 Å². The summed E-state index contributed by atoms with van der Waals surface area (Å²) in [6, 6.07) is 4.86. The number of nitrogens with zero attached hydrogens (tertiary/aromatic N) is 2. The maximum Gasteiger partial charge on any atom is 0.433 e. The van der Waals surface area contributed by atoms with Crippen LogP contribution < -0.4 is 10.4 Å². The normalized spacial score (nSPS) is 20.3. The molecule has 6 nitrogen and oxygen atoms in total. The van der Waals surface area contributed by atoms with Gasteiger partial charge < -0.3 is 5.32 Å². The summed E-state index contributed by atoms with van der Waals surface area (Å²) in [7, 11) is 0. The first-order valence-corrected chi connectivity index (χ1v) is 8.66. The maximum atomic E-state index is 13.1. The Morgan fingerprint density at radius 2 is 1.96 bits per heavy atom.